The van der Waals surface area contributed by atoms with E-state index in [4.69, 9.17) is 0 Å². The first-order valence-corrected chi connectivity index (χ1v) is 14.6. The maximum Gasteiger partial charge on any atom is 0.185 e. The molecule has 0 radical (unpaired) electrons. The van der Waals surface area contributed by atoms with Crippen LogP contribution in [-0.4, -0.2) is 38.5 Å². The minimum absolute atomic E-state index is 0.185. The van der Waals surface area contributed by atoms with Crippen molar-refractivity contribution in [2.24, 2.45) is 0 Å². The van der Waals surface area contributed by atoms with E-state index in [1.54, 1.807) is 93.6 Å². The largest absolute Gasteiger partial charge is 0.390 e. The second-order valence-corrected chi connectivity index (χ2v) is 13.6. The van der Waals surface area contributed by atoms with Crippen molar-refractivity contribution in [2.45, 2.75) is 74.0 Å². The molecule has 186 valence electrons. The minimum Gasteiger partial charge on any atom is -0.390 e. The second-order valence-electron chi connectivity index (χ2n) is 9.42. The smallest absolute Gasteiger partial charge is 0.185 e. The van der Waals surface area contributed by atoms with E-state index in [2.05, 4.69) is 0 Å². The van der Waals surface area contributed by atoms with Crippen LogP contribution in [0.15, 0.2) is 93.8 Å². The van der Waals surface area contributed by atoms with Gasteiger partial charge in [0.2, 0.25) is 0 Å². The lowest BCUT2D eigenvalue weighted by atomic mass is 9.99. The van der Waals surface area contributed by atoms with E-state index in [0.717, 1.165) is 12.0 Å². The molecule has 0 heterocycles. The lowest BCUT2D eigenvalue weighted by molar-refractivity contribution is 0.0689. The monoisotopic (exact) mass is 504 g/mol. The average molecular weight is 505 g/mol. The minimum atomic E-state index is -3.67. The summed E-state index contributed by atoms with van der Waals surface area (Å²) in [5.74, 6) is -0.185. The summed E-state index contributed by atoms with van der Waals surface area (Å²) in [5.41, 5.74) is 0.863. The van der Waals surface area contributed by atoms with Crippen LogP contribution in [-0.2, 0) is 19.7 Å². The number of sulfone groups is 2. The number of aliphatic hydroxyl groups is 1. The molecule has 0 aliphatic carbocycles. The van der Waals surface area contributed by atoms with Gasteiger partial charge >= 0.3 is 0 Å². The summed E-state index contributed by atoms with van der Waals surface area (Å²) in [4.78, 5) is 0.486. The zero-order valence-corrected chi connectivity index (χ0v) is 22.1. The van der Waals surface area contributed by atoms with Gasteiger partial charge in [-0.25, -0.2) is 16.8 Å². The van der Waals surface area contributed by atoms with Crippen molar-refractivity contribution >= 4 is 19.7 Å². The zero-order valence-electron chi connectivity index (χ0n) is 20.4. The highest BCUT2D eigenvalue weighted by Gasteiger charge is 2.26. The Morgan fingerprint density at radius 2 is 1.41 bits per heavy atom. The van der Waals surface area contributed by atoms with Crippen LogP contribution in [0.5, 0.6) is 0 Å². The molecule has 5 nitrogen and oxygen atoms in total. The van der Waals surface area contributed by atoms with Gasteiger partial charge in [0.15, 0.2) is 19.7 Å². The molecule has 2 rings (SSSR count). The van der Waals surface area contributed by atoms with E-state index in [0.29, 0.717) is 18.4 Å². The van der Waals surface area contributed by atoms with Gasteiger partial charge in [-0.05, 0) is 77.6 Å². The molecule has 0 aliphatic rings. The number of rotatable bonds is 12. The SMILES string of the molecule is C/C(=C\C(C/C(C)=C/CS(=O)(=O)c1ccccc1)S(=O)(=O)c1ccccc1)CCCC(C)(C)O. The molecule has 1 unspecified atom stereocenters. The maximum absolute atomic E-state index is 13.4. The first kappa shape index (κ1) is 28.0. The van der Waals surface area contributed by atoms with Crippen LogP contribution in [0.4, 0.5) is 0 Å². The molecule has 7 heteroatoms. The van der Waals surface area contributed by atoms with Crippen LogP contribution in [0.3, 0.4) is 0 Å². The lowest BCUT2D eigenvalue weighted by Crippen LogP contribution is -2.21. The Morgan fingerprint density at radius 3 is 1.94 bits per heavy atom. The summed E-state index contributed by atoms with van der Waals surface area (Å²) >= 11 is 0. The maximum atomic E-state index is 13.4. The van der Waals surface area contributed by atoms with Crippen molar-refractivity contribution in [1.29, 1.82) is 0 Å². The molecule has 0 saturated carbocycles. The van der Waals surface area contributed by atoms with Crippen LogP contribution < -0.4 is 0 Å². The third kappa shape index (κ3) is 8.85. The van der Waals surface area contributed by atoms with Crippen molar-refractivity contribution in [3.05, 3.63) is 84.0 Å². The normalized spacial score (nSPS) is 14.7. The van der Waals surface area contributed by atoms with Gasteiger partial charge in [-0.3, -0.25) is 0 Å². The Morgan fingerprint density at radius 1 is 0.882 bits per heavy atom. The molecule has 0 bridgehead atoms. The highest BCUT2D eigenvalue weighted by Crippen LogP contribution is 2.25. The fraction of sp³-hybridized carbons (Fsp3) is 0.407. The highest BCUT2D eigenvalue weighted by atomic mass is 32.2. The van der Waals surface area contributed by atoms with E-state index >= 15 is 0 Å². The molecule has 1 atom stereocenters. The standard InChI is InChI=1S/C27H36O5S2/c1-22(12-11-18-27(3,4)28)20-26(34(31,32)25-15-9-6-10-16-25)21-23(2)17-19-33(29,30)24-13-7-5-8-14-24/h5-10,13-17,20,26,28H,11-12,18-19,21H2,1-4H3/b22-20+,23-17+. The first-order chi connectivity index (χ1) is 15.8. The molecule has 0 spiro atoms. The van der Waals surface area contributed by atoms with Gasteiger partial charge < -0.3 is 5.11 Å². The molecule has 0 aromatic heterocycles. The second kappa shape index (κ2) is 12.0. The lowest BCUT2D eigenvalue weighted by Gasteiger charge is -2.18. The Bertz CT molecular complexity index is 1190. The van der Waals surface area contributed by atoms with Crippen molar-refractivity contribution in [2.75, 3.05) is 5.75 Å². The molecule has 0 amide bonds. The van der Waals surface area contributed by atoms with E-state index in [-0.39, 0.29) is 22.0 Å². The molecular formula is C27H36O5S2. The summed E-state index contributed by atoms with van der Waals surface area (Å²) in [6.07, 6.45) is 5.61. The predicted molar refractivity (Wildman–Crippen MR) is 138 cm³/mol. The molecule has 1 N–H and O–H groups in total. The number of hydrogen-bond acceptors (Lipinski definition) is 5. The molecule has 0 aliphatic heterocycles. The van der Waals surface area contributed by atoms with Crippen LogP contribution in [0, 0.1) is 0 Å². The topological polar surface area (TPSA) is 88.5 Å². The van der Waals surface area contributed by atoms with Crippen molar-refractivity contribution in [3.63, 3.8) is 0 Å². The summed E-state index contributed by atoms with van der Waals surface area (Å²) in [5, 5.41) is 9.13. The number of benzene rings is 2. The molecule has 2 aromatic carbocycles. The first-order valence-electron chi connectivity index (χ1n) is 11.4. The summed E-state index contributed by atoms with van der Waals surface area (Å²) < 4.78 is 52.1. The number of hydrogen-bond donors (Lipinski definition) is 1. The third-order valence-electron chi connectivity index (χ3n) is 5.58. The summed E-state index contributed by atoms with van der Waals surface area (Å²) in [6, 6.07) is 16.5. The third-order valence-corrected chi connectivity index (χ3v) is 9.20. The van der Waals surface area contributed by atoms with Gasteiger partial charge in [0, 0.05) is 0 Å². The van der Waals surface area contributed by atoms with Crippen LogP contribution in [0.25, 0.3) is 0 Å². The Labute approximate surface area is 205 Å². The van der Waals surface area contributed by atoms with Crippen LogP contribution >= 0.6 is 0 Å². The fourth-order valence-corrected chi connectivity index (χ4v) is 6.67. The molecule has 34 heavy (non-hydrogen) atoms. The van der Waals surface area contributed by atoms with Crippen LogP contribution in [0.1, 0.15) is 53.4 Å². The molecule has 0 fully saturated rings. The molecule has 2 aromatic rings. The van der Waals surface area contributed by atoms with Gasteiger partial charge in [0.25, 0.3) is 0 Å². The summed E-state index contributed by atoms with van der Waals surface area (Å²) in [7, 11) is -7.16. The van der Waals surface area contributed by atoms with E-state index in [9.17, 15) is 21.9 Å². The van der Waals surface area contributed by atoms with E-state index < -0.39 is 30.5 Å². The Kier molecular flexibility index (Phi) is 9.85. The Balaban J connectivity index is 2.27. The summed E-state index contributed by atoms with van der Waals surface area (Å²) in [6.45, 7) is 7.18. The van der Waals surface area contributed by atoms with Crippen LogP contribution in [0.2, 0.25) is 0 Å². The van der Waals surface area contributed by atoms with Gasteiger partial charge in [-0.15, -0.1) is 0 Å². The van der Waals surface area contributed by atoms with Crippen molar-refractivity contribution < 1.29 is 21.9 Å². The molecular weight excluding hydrogens is 468 g/mol. The Hall–Kier alpha value is -2.22. The average Bonchev–Trinajstić information content (AvgIpc) is 2.77. The fourth-order valence-electron chi connectivity index (χ4n) is 3.62. The number of allylic oxidation sites excluding steroid dienone is 2. The molecule has 0 saturated heterocycles. The highest BCUT2D eigenvalue weighted by molar-refractivity contribution is 7.92. The van der Waals surface area contributed by atoms with Gasteiger partial charge in [-0.1, -0.05) is 59.7 Å². The van der Waals surface area contributed by atoms with Gasteiger partial charge in [0.05, 0.1) is 26.4 Å². The van der Waals surface area contributed by atoms with Crippen molar-refractivity contribution in [1.82, 2.24) is 0 Å². The zero-order chi connectivity index (χ0) is 25.4. The van der Waals surface area contributed by atoms with E-state index in [1.807, 2.05) is 6.92 Å². The van der Waals surface area contributed by atoms with E-state index in [1.165, 1.54) is 0 Å². The quantitative estimate of drug-likeness (QED) is 0.384. The van der Waals surface area contributed by atoms with Gasteiger partial charge in [0.1, 0.15) is 0 Å². The van der Waals surface area contributed by atoms with Crippen molar-refractivity contribution in [3.8, 4) is 0 Å². The predicted octanol–water partition coefficient (Wildman–Crippen LogP) is 5.53. The van der Waals surface area contributed by atoms with Gasteiger partial charge in [-0.2, -0.15) is 0 Å².